The highest BCUT2D eigenvalue weighted by molar-refractivity contribution is 5.89. The molecule has 0 aliphatic heterocycles. The van der Waals surface area contributed by atoms with E-state index in [2.05, 4.69) is 38.1 Å². The zero-order valence-corrected chi connectivity index (χ0v) is 10.7. The van der Waals surface area contributed by atoms with Crippen molar-refractivity contribution in [2.75, 3.05) is 13.7 Å². The summed E-state index contributed by atoms with van der Waals surface area (Å²) in [6, 6.07) is 12.5. The van der Waals surface area contributed by atoms with Crippen LogP contribution in [0.2, 0.25) is 0 Å². The van der Waals surface area contributed by atoms with E-state index in [9.17, 15) is 0 Å². The van der Waals surface area contributed by atoms with Gasteiger partial charge in [-0.1, -0.05) is 44.2 Å². The Labute approximate surface area is 102 Å². The highest BCUT2D eigenvalue weighted by Crippen LogP contribution is 2.30. The van der Waals surface area contributed by atoms with Gasteiger partial charge in [-0.3, -0.25) is 0 Å². The molecule has 2 heteroatoms. The maximum Gasteiger partial charge on any atom is 0.126 e. The fraction of sp³-hybridized carbons (Fsp3) is 0.333. The van der Waals surface area contributed by atoms with E-state index in [1.807, 2.05) is 12.1 Å². The van der Waals surface area contributed by atoms with Gasteiger partial charge in [-0.25, -0.2) is 0 Å². The molecule has 0 bridgehead atoms. The second-order valence-corrected chi connectivity index (χ2v) is 4.98. The highest BCUT2D eigenvalue weighted by atomic mass is 16.5. The van der Waals surface area contributed by atoms with Gasteiger partial charge in [0.15, 0.2) is 0 Å². The molecule has 2 aromatic rings. The van der Waals surface area contributed by atoms with Gasteiger partial charge in [0.05, 0.1) is 7.11 Å². The van der Waals surface area contributed by atoms with Crippen molar-refractivity contribution in [1.82, 2.24) is 0 Å². The van der Waals surface area contributed by atoms with Gasteiger partial charge in [0, 0.05) is 17.3 Å². The van der Waals surface area contributed by atoms with Crippen molar-refractivity contribution < 1.29 is 4.74 Å². The van der Waals surface area contributed by atoms with Gasteiger partial charge in [0.2, 0.25) is 0 Å². The molecule has 2 aromatic carbocycles. The maximum atomic E-state index is 5.81. The molecule has 0 aromatic heterocycles. The topological polar surface area (TPSA) is 35.2 Å². The van der Waals surface area contributed by atoms with E-state index in [0.29, 0.717) is 6.54 Å². The summed E-state index contributed by atoms with van der Waals surface area (Å²) in [5.74, 6) is 0.916. The van der Waals surface area contributed by atoms with Gasteiger partial charge >= 0.3 is 0 Å². The molecule has 0 radical (unpaired) electrons. The molecule has 0 aliphatic rings. The van der Waals surface area contributed by atoms with E-state index in [4.69, 9.17) is 10.5 Å². The van der Waals surface area contributed by atoms with Crippen molar-refractivity contribution >= 4 is 10.8 Å². The van der Waals surface area contributed by atoms with Crippen LogP contribution in [-0.2, 0) is 5.41 Å². The van der Waals surface area contributed by atoms with Gasteiger partial charge in [-0.2, -0.15) is 0 Å². The maximum absolute atomic E-state index is 5.81. The molecule has 0 saturated heterocycles. The predicted octanol–water partition coefficient (Wildman–Crippen LogP) is 3.08. The minimum Gasteiger partial charge on any atom is -0.496 e. The standard InChI is InChI=1S/C15H19NO/c1-15(2,10-16)12-7-8-13-11(9-12)5-4-6-14(13)17-3/h4-9H,10,16H2,1-3H3. The first-order valence-electron chi connectivity index (χ1n) is 5.86. The summed E-state index contributed by atoms with van der Waals surface area (Å²) in [5.41, 5.74) is 7.09. The Hall–Kier alpha value is -1.54. The van der Waals surface area contributed by atoms with E-state index < -0.39 is 0 Å². The van der Waals surface area contributed by atoms with E-state index >= 15 is 0 Å². The molecule has 0 fully saturated rings. The molecule has 0 spiro atoms. The second-order valence-electron chi connectivity index (χ2n) is 4.98. The number of ether oxygens (including phenoxy) is 1. The Kier molecular flexibility index (Phi) is 3.07. The first-order valence-corrected chi connectivity index (χ1v) is 5.86. The van der Waals surface area contributed by atoms with Crippen LogP contribution in [0.1, 0.15) is 19.4 Å². The highest BCUT2D eigenvalue weighted by Gasteiger charge is 2.18. The summed E-state index contributed by atoms with van der Waals surface area (Å²) in [6.07, 6.45) is 0. The van der Waals surface area contributed by atoms with Crippen LogP contribution >= 0.6 is 0 Å². The van der Waals surface area contributed by atoms with Crippen LogP contribution in [0.4, 0.5) is 0 Å². The van der Waals surface area contributed by atoms with Crippen molar-refractivity contribution in [3.05, 3.63) is 42.0 Å². The van der Waals surface area contributed by atoms with Gasteiger partial charge in [-0.05, 0) is 17.0 Å². The lowest BCUT2D eigenvalue weighted by Gasteiger charge is -2.23. The van der Waals surface area contributed by atoms with Crippen LogP contribution in [0.5, 0.6) is 5.75 Å². The lowest BCUT2D eigenvalue weighted by molar-refractivity contribution is 0.420. The number of benzene rings is 2. The normalized spacial score (nSPS) is 11.8. The van der Waals surface area contributed by atoms with Crippen LogP contribution in [0.25, 0.3) is 10.8 Å². The lowest BCUT2D eigenvalue weighted by atomic mass is 9.84. The van der Waals surface area contributed by atoms with Crippen molar-refractivity contribution in [2.45, 2.75) is 19.3 Å². The third-order valence-electron chi connectivity index (χ3n) is 3.35. The van der Waals surface area contributed by atoms with Gasteiger partial charge in [0.1, 0.15) is 5.75 Å². The van der Waals surface area contributed by atoms with Gasteiger partial charge < -0.3 is 10.5 Å². The number of rotatable bonds is 3. The first-order chi connectivity index (χ1) is 8.08. The molecule has 90 valence electrons. The number of hydrogen-bond acceptors (Lipinski definition) is 2. The molecule has 0 amide bonds. The third kappa shape index (κ3) is 2.13. The molecular weight excluding hydrogens is 210 g/mol. The Morgan fingerprint density at radius 3 is 2.59 bits per heavy atom. The molecule has 0 atom stereocenters. The molecule has 0 aliphatic carbocycles. The minimum atomic E-state index is 0.0112. The summed E-state index contributed by atoms with van der Waals surface area (Å²) in [4.78, 5) is 0. The fourth-order valence-corrected chi connectivity index (χ4v) is 1.97. The molecule has 2 rings (SSSR count). The fourth-order valence-electron chi connectivity index (χ4n) is 1.97. The summed E-state index contributed by atoms with van der Waals surface area (Å²) in [6.45, 7) is 4.96. The minimum absolute atomic E-state index is 0.0112. The van der Waals surface area contributed by atoms with Crippen LogP contribution in [0.15, 0.2) is 36.4 Å². The smallest absolute Gasteiger partial charge is 0.126 e. The molecular formula is C15H19NO. The van der Waals surface area contributed by atoms with E-state index in [0.717, 1.165) is 11.1 Å². The van der Waals surface area contributed by atoms with Crippen LogP contribution in [0.3, 0.4) is 0 Å². The predicted molar refractivity (Wildman–Crippen MR) is 72.6 cm³/mol. The van der Waals surface area contributed by atoms with Crippen LogP contribution in [0, 0.1) is 0 Å². The summed E-state index contributed by atoms with van der Waals surface area (Å²) in [7, 11) is 1.70. The zero-order chi connectivity index (χ0) is 12.5. The summed E-state index contributed by atoms with van der Waals surface area (Å²) in [5, 5.41) is 2.34. The molecule has 0 saturated carbocycles. The number of methoxy groups -OCH3 is 1. The first kappa shape index (κ1) is 11.9. The number of nitrogens with two attached hydrogens (primary N) is 1. The summed E-state index contributed by atoms with van der Waals surface area (Å²) >= 11 is 0. The second kappa shape index (κ2) is 4.38. The Balaban J connectivity index is 2.60. The Bertz CT molecular complexity index is 531. The summed E-state index contributed by atoms with van der Waals surface area (Å²) < 4.78 is 5.35. The van der Waals surface area contributed by atoms with Crippen LogP contribution < -0.4 is 10.5 Å². The molecule has 0 heterocycles. The van der Waals surface area contributed by atoms with Gasteiger partial charge in [-0.15, -0.1) is 0 Å². The van der Waals surface area contributed by atoms with Crippen molar-refractivity contribution in [3.8, 4) is 5.75 Å². The van der Waals surface area contributed by atoms with Gasteiger partial charge in [0.25, 0.3) is 0 Å². The van der Waals surface area contributed by atoms with Crippen molar-refractivity contribution in [2.24, 2.45) is 5.73 Å². The Morgan fingerprint density at radius 2 is 1.94 bits per heavy atom. The zero-order valence-electron chi connectivity index (χ0n) is 10.7. The molecule has 0 unspecified atom stereocenters. The monoisotopic (exact) mass is 229 g/mol. The quantitative estimate of drug-likeness (QED) is 0.877. The third-order valence-corrected chi connectivity index (χ3v) is 3.35. The largest absolute Gasteiger partial charge is 0.496 e. The average molecular weight is 229 g/mol. The lowest BCUT2D eigenvalue weighted by Crippen LogP contribution is -2.27. The average Bonchev–Trinajstić information content (AvgIpc) is 2.37. The Morgan fingerprint density at radius 1 is 1.18 bits per heavy atom. The number of hydrogen-bond donors (Lipinski definition) is 1. The van der Waals surface area contributed by atoms with Crippen LogP contribution in [-0.4, -0.2) is 13.7 Å². The molecule has 2 nitrogen and oxygen atoms in total. The van der Waals surface area contributed by atoms with E-state index in [-0.39, 0.29) is 5.41 Å². The SMILES string of the molecule is COc1cccc2cc(C(C)(C)CN)ccc12. The molecule has 2 N–H and O–H groups in total. The molecule has 17 heavy (non-hydrogen) atoms. The van der Waals surface area contributed by atoms with E-state index in [1.165, 1.54) is 10.9 Å². The van der Waals surface area contributed by atoms with Crippen molar-refractivity contribution in [3.63, 3.8) is 0 Å². The number of fused-ring (bicyclic) bond motifs is 1. The van der Waals surface area contributed by atoms with Crippen molar-refractivity contribution in [1.29, 1.82) is 0 Å². The van der Waals surface area contributed by atoms with E-state index in [1.54, 1.807) is 7.11 Å².